The molecule has 0 saturated heterocycles. The van der Waals surface area contributed by atoms with Gasteiger partial charge in [-0.1, -0.05) is 18.2 Å². The molecule has 0 aliphatic carbocycles. The number of nitrogens with two attached hydrogens (primary N) is 1. The van der Waals surface area contributed by atoms with Crippen molar-refractivity contribution in [1.82, 2.24) is 5.32 Å². The molecule has 4 heteroatoms. The molecule has 1 aromatic carbocycles. The van der Waals surface area contributed by atoms with Gasteiger partial charge in [-0.3, -0.25) is 4.79 Å². The van der Waals surface area contributed by atoms with Crippen molar-refractivity contribution in [1.29, 1.82) is 0 Å². The average molecular weight is 260 g/mol. The molecule has 2 rings (SSSR count). The minimum Gasteiger partial charge on any atom is -0.366 e. The third kappa shape index (κ3) is 2.97. The van der Waals surface area contributed by atoms with E-state index in [0.717, 1.165) is 12.1 Å². The number of hydrogen-bond donors (Lipinski definition) is 2. The van der Waals surface area contributed by atoms with Crippen molar-refractivity contribution in [3.63, 3.8) is 0 Å². The number of benzene rings is 1. The Bertz CT molecular complexity index is 548. The van der Waals surface area contributed by atoms with Gasteiger partial charge in [-0.05, 0) is 35.6 Å². The van der Waals surface area contributed by atoms with E-state index in [2.05, 4.69) is 23.7 Å². The molecule has 2 aromatic rings. The summed E-state index contributed by atoms with van der Waals surface area (Å²) in [5.74, 6) is -0.375. The molecule has 0 saturated carbocycles. The quantitative estimate of drug-likeness (QED) is 0.867. The fourth-order valence-corrected chi connectivity index (χ4v) is 2.69. The first-order valence-electron chi connectivity index (χ1n) is 5.80. The molecule has 3 nitrogen and oxygen atoms in total. The van der Waals surface area contributed by atoms with Crippen LogP contribution >= 0.6 is 11.3 Å². The van der Waals surface area contributed by atoms with Gasteiger partial charge in [-0.15, -0.1) is 11.3 Å². The molecule has 0 bridgehead atoms. The number of hydrogen-bond acceptors (Lipinski definition) is 3. The lowest BCUT2D eigenvalue weighted by Crippen LogP contribution is -2.18. The summed E-state index contributed by atoms with van der Waals surface area (Å²) in [5.41, 5.74) is 8.18. The molecule has 94 valence electrons. The first-order valence-corrected chi connectivity index (χ1v) is 6.68. The second-order valence-electron chi connectivity index (χ2n) is 4.15. The second-order valence-corrected chi connectivity index (χ2v) is 5.15. The van der Waals surface area contributed by atoms with E-state index in [0.29, 0.717) is 12.1 Å². The van der Waals surface area contributed by atoms with E-state index >= 15 is 0 Å². The zero-order valence-corrected chi connectivity index (χ0v) is 11.1. The van der Waals surface area contributed by atoms with Crippen LogP contribution in [0, 0.1) is 6.92 Å². The van der Waals surface area contributed by atoms with Gasteiger partial charge in [0.15, 0.2) is 0 Å². The van der Waals surface area contributed by atoms with E-state index in [9.17, 15) is 4.79 Å². The number of carbonyl (C=O) groups is 1. The van der Waals surface area contributed by atoms with Crippen molar-refractivity contribution in [2.24, 2.45) is 5.73 Å². The minimum atomic E-state index is -0.375. The molecule has 1 aromatic heterocycles. The first kappa shape index (κ1) is 12.8. The number of thiophene rings is 1. The predicted octanol–water partition coefficient (Wildman–Crippen LogP) is 2.45. The Morgan fingerprint density at radius 3 is 2.72 bits per heavy atom. The summed E-state index contributed by atoms with van der Waals surface area (Å²) in [6.07, 6.45) is 0. The van der Waals surface area contributed by atoms with Crippen LogP contribution in [0.2, 0.25) is 0 Å². The number of amides is 1. The van der Waals surface area contributed by atoms with Crippen molar-refractivity contribution < 1.29 is 4.79 Å². The highest BCUT2D eigenvalue weighted by molar-refractivity contribution is 7.10. The third-order valence-corrected chi connectivity index (χ3v) is 3.87. The Balaban J connectivity index is 1.99. The maximum Gasteiger partial charge on any atom is 0.249 e. The first-order chi connectivity index (χ1) is 8.68. The fourth-order valence-electron chi connectivity index (χ4n) is 1.81. The lowest BCUT2D eigenvalue weighted by molar-refractivity contribution is 0.0999. The molecule has 0 fully saturated rings. The molecule has 0 aliphatic rings. The van der Waals surface area contributed by atoms with Crippen molar-refractivity contribution in [3.05, 3.63) is 57.3 Å². The summed E-state index contributed by atoms with van der Waals surface area (Å²) in [6, 6.07) is 9.54. The highest BCUT2D eigenvalue weighted by Gasteiger charge is 2.06. The third-order valence-electron chi connectivity index (χ3n) is 2.85. The molecule has 0 spiro atoms. The Hall–Kier alpha value is -1.65. The van der Waals surface area contributed by atoms with E-state index in [1.54, 1.807) is 17.4 Å². The largest absolute Gasteiger partial charge is 0.366 e. The summed E-state index contributed by atoms with van der Waals surface area (Å²) in [7, 11) is 0. The van der Waals surface area contributed by atoms with Crippen molar-refractivity contribution >= 4 is 17.2 Å². The van der Waals surface area contributed by atoms with Crippen LogP contribution < -0.4 is 11.1 Å². The van der Waals surface area contributed by atoms with Gasteiger partial charge in [0.25, 0.3) is 0 Å². The lowest BCUT2D eigenvalue weighted by Gasteiger charge is -2.08. The predicted molar refractivity (Wildman–Crippen MR) is 74.6 cm³/mol. The van der Waals surface area contributed by atoms with Crippen LogP contribution in [0.15, 0.2) is 35.7 Å². The van der Waals surface area contributed by atoms with Crippen LogP contribution in [0.25, 0.3) is 0 Å². The van der Waals surface area contributed by atoms with Gasteiger partial charge in [-0.2, -0.15) is 0 Å². The number of carbonyl (C=O) groups excluding carboxylic acids is 1. The number of rotatable bonds is 5. The molecule has 0 unspecified atom stereocenters. The Labute approximate surface area is 111 Å². The van der Waals surface area contributed by atoms with Crippen LogP contribution in [0.3, 0.4) is 0 Å². The standard InChI is InChI=1S/C14H16N2OS/c1-10-6-7-18-13(10)9-16-8-11-4-2-3-5-12(11)14(15)17/h2-7,16H,8-9H2,1H3,(H2,15,17). The monoisotopic (exact) mass is 260 g/mol. The lowest BCUT2D eigenvalue weighted by atomic mass is 10.1. The van der Waals surface area contributed by atoms with E-state index in [-0.39, 0.29) is 5.91 Å². The number of nitrogens with one attached hydrogen (secondary N) is 1. The zero-order valence-electron chi connectivity index (χ0n) is 10.3. The van der Waals surface area contributed by atoms with Gasteiger partial charge in [0.1, 0.15) is 0 Å². The molecule has 3 N–H and O–H groups in total. The van der Waals surface area contributed by atoms with Gasteiger partial charge in [-0.25, -0.2) is 0 Å². The summed E-state index contributed by atoms with van der Waals surface area (Å²) in [4.78, 5) is 12.6. The summed E-state index contributed by atoms with van der Waals surface area (Å²) < 4.78 is 0. The maximum absolute atomic E-state index is 11.3. The Kier molecular flexibility index (Phi) is 4.12. The van der Waals surface area contributed by atoms with Crippen LogP contribution in [-0.2, 0) is 13.1 Å². The molecule has 1 amide bonds. The molecule has 18 heavy (non-hydrogen) atoms. The molecule has 0 atom stereocenters. The highest BCUT2D eigenvalue weighted by Crippen LogP contribution is 2.15. The normalized spacial score (nSPS) is 10.5. The Morgan fingerprint density at radius 2 is 2.06 bits per heavy atom. The Morgan fingerprint density at radius 1 is 1.28 bits per heavy atom. The van der Waals surface area contributed by atoms with Crippen LogP contribution in [0.4, 0.5) is 0 Å². The maximum atomic E-state index is 11.3. The van der Waals surface area contributed by atoms with Gasteiger partial charge >= 0.3 is 0 Å². The topological polar surface area (TPSA) is 55.1 Å². The minimum absolute atomic E-state index is 0.375. The van der Waals surface area contributed by atoms with Crippen molar-refractivity contribution in [3.8, 4) is 0 Å². The van der Waals surface area contributed by atoms with Crippen LogP contribution in [0.5, 0.6) is 0 Å². The molecular weight excluding hydrogens is 244 g/mol. The van der Waals surface area contributed by atoms with Gasteiger partial charge in [0.2, 0.25) is 5.91 Å². The SMILES string of the molecule is Cc1ccsc1CNCc1ccccc1C(N)=O. The fraction of sp³-hybridized carbons (Fsp3) is 0.214. The molecule has 0 radical (unpaired) electrons. The molecular formula is C14H16N2OS. The zero-order chi connectivity index (χ0) is 13.0. The second kappa shape index (κ2) is 5.80. The number of aryl methyl sites for hydroxylation is 1. The van der Waals surface area contributed by atoms with Crippen LogP contribution in [0.1, 0.15) is 26.4 Å². The van der Waals surface area contributed by atoms with Gasteiger partial charge < -0.3 is 11.1 Å². The van der Waals surface area contributed by atoms with E-state index in [1.807, 2.05) is 18.2 Å². The van der Waals surface area contributed by atoms with Gasteiger partial charge in [0, 0.05) is 23.5 Å². The van der Waals surface area contributed by atoms with E-state index in [1.165, 1.54) is 10.4 Å². The summed E-state index contributed by atoms with van der Waals surface area (Å²) in [5, 5.41) is 5.43. The smallest absolute Gasteiger partial charge is 0.249 e. The average Bonchev–Trinajstić information content (AvgIpc) is 2.76. The highest BCUT2D eigenvalue weighted by atomic mass is 32.1. The van der Waals surface area contributed by atoms with E-state index in [4.69, 9.17) is 5.73 Å². The summed E-state index contributed by atoms with van der Waals surface area (Å²) >= 11 is 1.74. The number of primary amides is 1. The molecule has 1 heterocycles. The van der Waals surface area contributed by atoms with E-state index < -0.39 is 0 Å². The summed E-state index contributed by atoms with van der Waals surface area (Å²) in [6.45, 7) is 3.57. The van der Waals surface area contributed by atoms with Crippen LogP contribution in [-0.4, -0.2) is 5.91 Å². The van der Waals surface area contributed by atoms with Crippen molar-refractivity contribution in [2.75, 3.05) is 0 Å². The van der Waals surface area contributed by atoms with Crippen molar-refractivity contribution in [2.45, 2.75) is 20.0 Å². The van der Waals surface area contributed by atoms with Gasteiger partial charge in [0.05, 0.1) is 0 Å². The molecule has 0 aliphatic heterocycles.